The van der Waals surface area contributed by atoms with Gasteiger partial charge in [0.05, 0.1) is 23.3 Å². The van der Waals surface area contributed by atoms with Crippen LogP contribution in [0.1, 0.15) is 16.8 Å². The molecule has 0 aliphatic rings. The van der Waals surface area contributed by atoms with Crippen LogP contribution in [0.3, 0.4) is 0 Å². The molecule has 1 heterocycles. The van der Waals surface area contributed by atoms with E-state index < -0.39 is 0 Å². The van der Waals surface area contributed by atoms with Crippen LogP contribution < -0.4 is 4.74 Å². The predicted octanol–water partition coefficient (Wildman–Crippen LogP) is 3.12. The van der Waals surface area contributed by atoms with Crippen LogP contribution in [-0.4, -0.2) is 17.3 Å². The van der Waals surface area contributed by atoms with Crippen LogP contribution in [0, 0.1) is 25.2 Å². The fourth-order valence-electron chi connectivity index (χ4n) is 1.60. The van der Waals surface area contributed by atoms with Gasteiger partial charge in [0.15, 0.2) is 0 Å². The average molecular weight is 271 g/mol. The Labute approximate surface area is 116 Å². The topological polar surface area (TPSA) is 58.8 Å². The number of aromatic nitrogens is 2. The zero-order valence-corrected chi connectivity index (χ0v) is 11.8. The Kier molecular flexibility index (Phi) is 4.03. The molecule has 2 aromatic rings. The first-order valence-corrected chi connectivity index (χ1v) is 6.54. The Hall–Kier alpha value is -2.06. The zero-order valence-electron chi connectivity index (χ0n) is 11.0. The maximum absolute atomic E-state index is 9.27. The van der Waals surface area contributed by atoms with E-state index in [1.165, 1.54) is 11.8 Å². The molecule has 0 saturated carbocycles. The fraction of sp³-hybridized carbons (Fsp3) is 0.214. The van der Waals surface area contributed by atoms with E-state index >= 15 is 0 Å². The van der Waals surface area contributed by atoms with Crippen molar-refractivity contribution < 1.29 is 4.74 Å². The number of nitriles is 1. The number of hydrogen-bond acceptors (Lipinski definition) is 5. The highest BCUT2D eigenvalue weighted by atomic mass is 32.2. The third-order valence-corrected chi connectivity index (χ3v) is 3.85. The zero-order chi connectivity index (χ0) is 13.8. The van der Waals surface area contributed by atoms with Crippen molar-refractivity contribution >= 4 is 11.8 Å². The van der Waals surface area contributed by atoms with Gasteiger partial charge in [0, 0.05) is 0 Å². The van der Waals surface area contributed by atoms with Crippen molar-refractivity contribution in [2.75, 3.05) is 7.11 Å². The van der Waals surface area contributed by atoms with E-state index in [0.29, 0.717) is 10.6 Å². The average Bonchev–Trinajstić information content (AvgIpc) is 2.44. The van der Waals surface area contributed by atoms with Crippen LogP contribution >= 0.6 is 11.8 Å². The Morgan fingerprint density at radius 1 is 1.21 bits per heavy atom. The lowest BCUT2D eigenvalue weighted by Gasteiger charge is -2.09. The summed E-state index contributed by atoms with van der Waals surface area (Å²) in [5, 5.41) is 18.1. The number of methoxy groups -OCH3 is 1. The maximum atomic E-state index is 9.27. The molecule has 1 aromatic heterocycles. The Bertz CT molecular complexity index is 650. The van der Waals surface area contributed by atoms with Crippen LogP contribution in [0.4, 0.5) is 0 Å². The molecule has 0 spiro atoms. The maximum Gasteiger partial charge on any atom is 0.142 e. The summed E-state index contributed by atoms with van der Waals surface area (Å²) in [6.07, 6.45) is 0. The predicted molar refractivity (Wildman–Crippen MR) is 73.3 cm³/mol. The number of nitrogens with zero attached hydrogens (tertiary/aromatic N) is 3. The van der Waals surface area contributed by atoms with E-state index in [9.17, 15) is 5.26 Å². The molecule has 0 fully saturated rings. The number of benzene rings is 1. The molecular formula is C14H13N3OS. The van der Waals surface area contributed by atoms with Crippen molar-refractivity contribution in [2.45, 2.75) is 23.8 Å². The quantitative estimate of drug-likeness (QED) is 0.858. The fourth-order valence-corrected chi connectivity index (χ4v) is 2.59. The van der Waals surface area contributed by atoms with E-state index in [2.05, 4.69) is 16.3 Å². The van der Waals surface area contributed by atoms with Crippen LogP contribution in [0.2, 0.25) is 0 Å². The molecule has 0 aliphatic carbocycles. The summed E-state index contributed by atoms with van der Waals surface area (Å²) in [5.74, 6) is 0.761. The number of ether oxygens (including phenoxy) is 1. The molecule has 1 aromatic carbocycles. The van der Waals surface area contributed by atoms with E-state index in [-0.39, 0.29) is 0 Å². The summed E-state index contributed by atoms with van der Waals surface area (Å²) >= 11 is 1.39. The molecule has 0 radical (unpaired) electrons. The van der Waals surface area contributed by atoms with Gasteiger partial charge in [-0.2, -0.15) is 10.4 Å². The van der Waals surface area contributed by atoms with E-state index in [0.717, 1.165) is 21.9 Å². The molecule has 2 rings (SSSR count). The monoisotopic (exact) mass is 271 g/mol. The lowest BCUT2D eigenvalue weighted by molar-refractivity contribution is 0.405. The van der Waals surface area contributed by atoms with Crippen molar-refractivity contribution in [1.82, 2.24) is 10.2 Å². The van der Waals surface area contributed by atoms with Crippen molar-refractivity contribution in [3.8, 4) is 11.8 Å². The Morgan fingerprint density at radius 2 is 1.95 bits per heavy atom. The van der Waals surface area contributed by atoms with Crippen molar-refractivity contribution in [3.05, 3.63) is 41.1 Å². The largest absolute Gasteiger partial charge is 0.496 e. The summed E-state index contributed by atoms with van der Waals surface area (Å²) in [6.45, 7) is 3.73. The third-order valence-electron chi connectivity index (χ3n) is 2.81. The molecule has 0 amide bonds. The van der Waals surface area contributed by atoms with Gasteiger partial charge in [-0.05, 0) is 31.5 Å². The minimum Gasteiger partial charge on any atom is -0.496 e. The van der Waals surface area contributed by atoms with Gasteiger partial charge < -0.3 is 4.74 Å². The van der Waals surface area contributed by atoms with Gasteiger partial charge >= 0.3 is 0 Å². The smallest absolute Gasteiger partial charge is 0.142 e. The number of rotatable bonds is 3. The Morgan fingerprint density at radius 3 is 2.63 bits per heavy atom. The molecule has 0 saturated heterocycles. The van der Waals surface area contributed by atoms with Gasteiger partial charge in [0.25, 0.3) is 0 Å². The van der Waals surface area contributed by atoms with Crippen LogP contribution in [0.25, 0.3) is 0 Å². The molecular weight excluding hydrogens is 258 g/mol. The normalized spacial score (nSPS) is 10.0. The summed E-state index contributed by atoms with van der Waals surface area (Å²) in [6, 6.07) is 9.83. The summed E-state index contributed by atoms with van der Waals surface area (Å²) in [7, 11) is 1.62. The molecule has 96 valence electrons. The molecule has 0 N–H and O–H groups in total. The standard InChI is InChI=1S/C14H13N3OS/c1-9-10(2)16-17-14(11(9)8-15)19-13-7-5-4-6-12(13)18-3/h4-7H,1-3H3. The minimum absolute atomic E-state index is 0.573. The number of aryl methyl sites for hydroxylation is 1. The molecule has 5 heteroatoms. The van der Waals surface area contributed by atoms with Crippen molar-refractivity contribution in [1.29, 1.82) is 5.26 Å². The highest BCUT2D eigenvalue weighted by Crippen LogP contribution is 2.35. The first kappa shape index (κ1) is 13.4. The Balaban J connectivity index is 2.45. The lowest BCUT2D eigenvalue weighted by atomic mass is 10.1. The number of hydrogen-bond donors (Lipinski definition) is 0. The van der Waals surface area contributed by atoms with Gasteiger partial charge in [-0.25, -0.2) is 0 Å². The van der Waals surface area contributed by atoms with Crippen LogP contribution in [0.5, 0.6) is 5.75 Å². The second-order valence-electron chi connectivity index (χ2n) is 3.96. The molecule has 19 heavy (non-hydrogen) atoms. The van der Waals surface area contributed by atoms with Crippen LogP contribution in [0.15, 0.2) is 34.2 Å². The van der Waals surface area contributed by atoms with Gasteiger partial charge in [0.2, 0.25) is 0 Å². The van der Waals surface area contributed by atoms with Gasteiger partial charge in [-0.15, -0.1) is 5.10 Å². The van der Waals surface area contributed by atoms with Crippen LogP contribution in [-0.2, 0) is 0 Å². The van der Waals surface area contributed by atoms with E-state index in [1.54, 1.807) is 7.11 Å². The first-order chi connectivity index (χ1) is 9.17. The third kappa shape index (κ3) is 2.69. The summed E-state index contributed by atoms with van der Waals surface area (Å²) in [5.41, 5.74) is 2.22. The number of para-hydroxylation sites is 1. The second-order valence-corrected chi connectivity index (χ2v) is 4.99. The molecule has 4 nitrogen and oxygen atoms in total. The van der Waals surface area contributed by atoms with Gasteiger partial charge in [-0.1, -0.05) is 23.9 Å². The molecule has 0 unspecified atom stereocenters. The summed E-state index contributed by atoms with van der Waals surface area (Å²) in [4.78, 5) is 0.916. The highest BCUT2D eigenvalue weighted by Gasteiger charge is 2.14. The van der Waals surface area contributed by atoms with Crippen molar-refractivity contribution in [3.63, 3.8) is 0 Å². The SMILES string of the molecule is COc1ccccc1Sc1nnc(C)c(C)c1C#N. The molecule has 0 aliphatic heterocycles. The van der Waals surface area contributed by atoms with Gasteiger partial charge in [-0.3, -0.25) is 0 Å². The molecule has 0 atom stereocenters. The van der Waals surface area contributed by atoms with E-state index in [1.807, 2.05) is 38.1 Å². The highest BCUT2D eigenvalue weighted by molar-refractivity contribution is 7.99. The first-order valence-electron chi connectivity index (χ1n) is 5.72. The van der Waals surface area contributed by atoms with E-state index in [4.69, 9.17) is 4.74 Å². The summed E-state index contributed by atoms with van der Waals surface area (Å²) < 4.78 is 5.29. The minimum atomic E-state index is 0.573. The second kappa shape index (κ2) is 5.72. The van der Waals surface area contributed by atoms with Gasteiger partial charge in [0.1, 0.15) is 16.8 Å². The molecule has 0 bridgehead atoms. The lowest BCUT2D eigenvalue weighted by Crippen LogP contribution is -1.99. The van der Waals surface area contributed by atoms with Crippen molar-refractivity contribution in [2.24, 2.45) is 0 Å².